The third-order valence-electron chi connectivity index (χ3n) is 5.17. The molecule has 3 atom stereocenters. The predicted molar refractivity (Wildman–Crippen MR) is 130 cm³/mol. The second-order valence-electron chi connectivity index (χ2n) is 9.33. The van der Waals surface area contributed by atoms with Crippen LogP contribution in [0.15, 0.2) is 24.3 Å². The number of aryl methyl sites for hydroxylation is 1. The minimum Gasteiger partial charge on any atom is -0.444 e. The molecule has 9 nitrogen and oxygen atoms in total. The van der Waals surface area contributed by atoms with Crippen LogP contribution in [0.5, 0.6) is 0 Å². The average Bonchev–Trinajstić information content (AvgIpc) is 2.76. The van der Waals surface area contributed by atoms with Gasteiger partial charge in [-0.15, -0.1) is 0 Å². The molecule has 0 bridgehead atoms. The van der Waals surface area contributed by atoms with E-state index in [4.69, 9.17) is 4.74 Å². The Labute approximate surface area is 202 Å². The van der Waals surface area contributed by atoms with Crippen LogP contribution in [0.2, 0.25) is 0 Å². The molecule has 0 fully saturated rings. The van der Waals surface area contributed by atoms with Crippen molar-refractivity contribution in [2.45, 2.75) is 84.5 Å². The Balaban J connectivity index is 3.32. The molecule has 0 radical (unpaired) electrons. The van der Waals surface area contributed by atoms with Crippen molar-refractivity contribution in [2.75, 3.05) is 19.8 Å². The minimum atomic E-state index is -1.35. The molecule has 1 aromatic carbocycles. The van der Waals surface area contributed by atoms with Crippen molar-refractivity contribution >= 4 is 17.9 Å². The third-order valence-corrected chi connectivity index (χ3v) is 5.17. The lowest BCUT2D eigenvalue weighted by atomic mass is 10.00. The van der Waals surface area contributed by atoms with Gasteiger partial charge in [0.1, 0.15) is 17.7 Å². The SMILES string of the molecule is CCCC(C)NC(=O)C(c1ccc(CC)cc1)N(CCO)C(=O)C(CO)NC(=O)OC(C)(C)C. The average molecular weight is 480 g/mol. The summed E-state index contributed by atoms with van der Waals surface area (Å²) in [4.78, 5) is 40.2. The smallest absolute Gasteiger partial charge is 0.408 e. The fourth-order valence-electron chi connectivity index (χ4n) is 3.55. The highest BCUT2D eigenvalue weighted by Gasteiger charge is 2.36. The Hall–Kier alpha value is -2.65. The zero-order valence-corrected chi connectivity index (χ0v) is 21.3. The molecule has 0 saturated heterocycles. The van der Waals surface area contributed by atoms with Crippen LogP contribution in [0.3, 0.4) is 0 Å². The van der Waals surface area contributed by atoms with Gasteiger partial charge in [0.15, 0.2) is 0 Å². The molecule has 0 aliphatic carbocycles. The van der Waals surface area contributed by atoms with Gasteiger partial charge in [0, 0.05) is 12.6 Å². The normalized spacial score (nSPS) is 14.0. The highest BCUT2D eigenvalue weighted by molar-refractivity contribution is 5.92. The molecular formula is C25H41N3O6. The van der Waals surface area contributed by atoms with Gasteiger partial charge in [-0.1, -0.05) is 44.5 Å². The molecule has 0 spiro atoms. The molecule has 0 heterocycles. The Morgan fingerprint density at radius 3 is 2.15 bits per heavy atom. The number of carbonyl (C=O) groups is 3. The van der Waals surface area contributed by atoms with E-state index in [1.165, 1.54) is 4.90 Å². The first kappa shape index (κ1) is 29.4. The molecule has 1 rings (SSSR count). The Morgan fingerprint density at radius 2 is 1.68 bits per heavy atom. The lowest BCUT2D eigenvalue weighted by Crippen LogP contribution is -2.55. The molecule has 3 amide bonds. The van der Waals surface area contributed by atoms with E-state index in [-0.39, 0.29) is 12.6 Å². The maximum atomic E-state index is 13.4. The van der Waals surface area contributed by atoms with Crippen molar-refractivity contribution in [1.29, 1.82) is 0 Å². The number of alkyl carbamates (subject to hydrolysis) is 1. The van der Waals surface area contributed by atoms with Crippen LogP contribution >= 0.6 is 0 Å². The fraction of sp³-hybridized carbons (Fsp3) is 0.640. The predicted octanol–water partition coefficient (Wildman–Crippen LogP) is 2.30. The molecule has 0 aliphatic heterocycles. The Morgan fingerprint density at radius 1 is 1.06 bits per heavy atom. The van der Waals surface area contributed by atoms with E-state index in [1.54, 1.807) is 32.9 Å². The molecule has 9 heteroatoms. The third kappa shape index (κ3) is 9.30. The molecular weight excluding hydrogens is 438 g/mol. The van der Waals surface area contributed by atoms with Crippen molar-refractivity contribution in [3.8, 4) is 0 Å². The van der Waals surface area contributed by atoms with E-state index < -0.39 is 48.8 Å². The summed E-state index contributed by atoms with van der Waals surface area (Å²) < 4.78 is 5.20. The van der Waals surface area contributed by atoms with E-state index in [1.807, 2.05) is 32.9 Å². The van der Waals surface area contributed by atoms with Gasteiger partial charge in [-0.05, 0) is 51.7 Å². The summed E-state index contributed by atoms with van der Waals surface area (Å²) in [5, 5.41) is 24.9. The lowest BCUT2D eigenvalue weighted by Gasteiger charge is -2.34. The monoisotopic (exact) mass is 479 g/mol. The van der Waals surface area contributed by atoms with Crippen molar-refractivity contribution in [3.63, 3.8) is 0 Å². The quantitative estimate of drug-likeness (QED) is 0.364. The summed E-state index contributed by atoms with van der Waals surface area (Å²) in [5.41, 5.74) is 0.841. The zero-order valence-electron chi connectivity index (χ0n) is 21.3. The number of carbonyl (C=O) groups excluding carboxylic acids is 3. The van der Waals surface area contributed by atoms with Crippen molar-refractivity contribution < 1.29 is 29.3 Å². The van der Waals surface area contributed by atoms with Crippen molar-refractivity contribution in [3.05, 3.63) is 35.4 Å². The lowest BCUT2D eigenvalue weighted by molar-refractivity contribution is -0.144. The van der Waals surface area contributed by atoms with E-state index in [0.717, 1.165) is 24.8 Å². The first-order valence-corrected chi connectivity index (χ1v) is 11.9. The Bertz CT molecular complexity index is 791. The molecule has 1 aromatic rings. The van der Waals surface area contributed by atoms with Crippen LogP contribution in [0, 0.1) is 0 Å². The van der Waals surface area contributed by atoms with Gasteiger partial charge in [-0.25, -0.2) is 4.79 Å². The second-order valence-corrected chi connectivity index (χ2v) is 9.33. The molecule has 34 heavy (non-hydrogen) atoms. The Kier molecular flexibility index (Phi) is 12.0. The van der Waals surface area contributed by atoms with Gasteiger partial charge in [0.25, 0.3) is 0 Å². The van der Waals surface area contributed by atoms with E-state index in [2.05, 4.69) is 10.6 Å². The summed E-state index contributed by atoms with van der Waals surface area (Å²) in [6, 6.07) is 4.80. The van der Waals surface area contributed by atoms with Gasteiger partial charge in [0.05, 0.1) is 13.2 Å². The first-order valence-electron chi connectivity index (χ1n) is 11.9. The van der Waals surface area contributed by atoms with Crippen LogP contribution in [-0.2, 0) is 20.7 Å². The molecule has 3 unspecified atom stereocenters. The molecule has 0 aromatic heterocycles. The van der Waals surface area contributed by atoms with E-state index in [9.17, 15) is 24.6 Å². The van der Waals surface area contributed by atoms with Crippen LogP contribution < -0.4 is 10.6 Å². The number of ether oxygens (including phenoxy) is 1. The fourth-order valence-corrected chi connectivity index (χ4v) is 3.55. The standard InChI is InChI=1S/C25H41N3O6/c1-7-9-17(3)26-22(31)21(19-12-10-18(8-2)11-13-19)28(14-15-29)23(32)20(16-30)27-24(33)34-25(4,5)6/h10-13,17,20-21,29-30H,7-9,14-16H2,1-6H3,(H,26,31)(H,27,33). The highest BCUT2D eigenvalue weighted by atomic mass is 16.6. The van der Waals surface area contributed by atoms with Crippen LogP contribution in [0.4, 0.5) is 4.79 Å². The van der Waals surface area contributed by atoms with Gasteiger partial charge < -0.3 is 30.5 Å². The minimum absolute atomic E-state index is 0.116. The number of rotatable bonds is 12. The van der Waals surface area contributed by atoms with Crippen molar-refractivity contribution in [2.24, 2.45) is 0 Å². The van der Waals surface area contributed by atoms with Gasteiger partial charge in [-0.3, -0.25) is 9.59 Å². The number of benzene rings is 1. The number of aliphatic hydroxyl groups excluding tert-OH is 2. The van der Waals surface area contributed by atoms with Gasteiger partial charge in [0.2, 0.25) is 11.8 Å². The molecule has 0 aliphatic rings. The molecule has 4 N–H and O–H groups in total. The maximum Gasteiger partial charge on any atom is 0.408 e. The summed E-state index contributed by atoms with van der Waals surface area (Å²) in [6.07, 6.45) is 1.59. The second kappa shape index (κ2) is 13.9. The number of hydrogen-bond acceptors (Lipinski definition) is 6. The van der Waals surface area contributed by atoms with Crippen LogP contribution in [0.1, 0.15) is 71.6 Å². The number of aliphatic hydroxyl groups is 2. The van der Waals surface area contributed by atoms with Gasteiger partial charge in [-0.2, -0.15) is 0 Å². The van der Waals surface area contributed by atoms with Crippen LogP contribution in [-0.4, -0.2) is 70.5 Å². The summed E-state index contributed by atoms with van der Waals surface area (Å²) in [6.45, 7) is 9.68. The summed E-state index contributed by atoms with van der Waals surface area (Å²) in [7, 11) is 0. The molecule has 0 saturated carbocycles. The van der Waals surface area contributed by atoms with E-state index in [0.29, 0.717) is 5.56 Å². The number of nitrogens with zero attached hydrogens (tertiary/aromatic N) is 1. The van der Waals surface area contributed by atoms with Gasteiger partial charge >= 0.3 is 6.09 Å². The largest absolute Gasteiger partial charge is 0.444 e. The van der Waals surface area contributed by atoms with Crippen molar-refractivity contribution in [1.82, 2.24) is 15.5 Å². The number of hydrogen-bond donors (Lipinski definition) is 4. The maximum absolute atomic E-state index is 13.4. The topological polar surface area (TPSA) is 128 Å². The first-order chi connectivity index (χ1) is 16.0. The van der Waals surface area contributed by atoms with E-state index >= 15 is 0 Å². The van der Waals surface area contributed by atoms with Crippen LogP contribution in [0.25, 0.3) is 0 Å². The summed E-state index contributed by atoms with van der Waals surface area (Å²) in [5.74, 6) is -1.11. The zero-order chi connectivity index (χ0) is 25.9. The number of nitrogens with one attached hydrogen (secondary N) is 2. The molecule has 192 valence electrons. The summed E-state index contributed by atoms with van der Waals surface area (Å²) >= 11 is 0. The number of amides is 3. The highest BCUT2D eigenvalue weighted by Crippen LogP contribution is 2.24.